The number of carbonyl (C=O) groups is 2. The van der Waals surface area contributed by atoms with Crippen LogP contribution in [0, 0.1) is 0 Å². The van der Waals surface area contributed by atoms with Gasteiger partial charge in [0, 0.05) is 6.04 Å². The Morgan fingerprint density at radius 2 is 1.95 bits per heavy atom. The Balaban J connectivity index is 1.98. The first-order chi connectivity index (χ1) is 10.3. The third-order valence-corrected chi connectivity index (χ3v) is 3.75. The van der Waals surface area contributed by atoms with Crippen LogP contribution in [0.5, 0.6) is 0 Å². The van der Waals surface area contributed by atoms with E-state index in [4.69, 9.17) is 11.6 Å². The molecule has 0 bridgehead atoms. The van der Waals surface area contributed by atoms with Crippen LogP contribution >= 0.6 is 11.6 Å². The molecule has 4 nitrogen and oxygen atoms in total. The number of benzene rings is 1. The number of alkyl halides is 3. The van der Waals surface area contributed by atoms with Gasteiger partial charge in [-0.25, -0.2) is 0 Å². The highest BCUT2D eigenvalue weighted by Crippen LogP contribution is 2.31. The van der Waals surface area contributed by atoms with Gasteiger partial charge >= 0.3 is 6.18 Å². The van der Waals surface area contributed by atoms with Gasteiger partial charge in [-0.15, -0.1) is 0 Å². The molecule has 2 amide bonds. The van der Waals surface area contributed by atoms with Crippen molar-refractivity contribution in [3.05, 3.63) is 34.3 Å². The molecule has 0 radical (unpaired) electrons. The fourth-order valence-corrected chi connectivity index (χ4v) is 2.17. The summed E-state index contributed by atoms with van der Waals surface area (Å²) < 4.78 is 37.9. The second-order valence-corrected chi connectivity index (χ2v) is 5.48. The maximum absolute atomic E-state index is 12.6. The standard InChI is InChI=1S/C14H14ClF3N2O2/c15-11-5-4-8(14(16,17)18)6-10(11)13(22)19-7-12(21)20-9-2-1-3-9/h4-6,9H,1-3,7H2,(H,19,22)(H,20,21). The van der Waals surface area contributed by atoms with Crippen LogP contribution in [-0.4, -0.2) is 24.4 Å². The van der Waals surface area contributed by atoms with Crippen molar-refractivity contribution in [2.45, 2.75) is 31.5 Å². The van der Waals surface area contributed by atoms with Crippen molar-refractivity contribution in [1.29, 1.82) is 0 Å². The molecule has 0 aliphatic heterocycles. The molecule has 2 rings (SSSR count). The molecule has 1 saturated carbocycles. The highest BCUT2D eigenvalue weighted by Gasteiger charge is 2.31. The molecule has 120 valence electrons. The molecule has 22 heavy (non-hydrogen) atoms. The van der Waals surface area contributed by atoms with E-state index in [1.54, 1.807) is 0 Å². The van der Waals surface area contributed by atoms with Gasteiger partial charge in [0.1, 0.15) is 0 Å². The zero-order valence-electron chi connectivity index (χ0n) is 11.5. The molecule has 1 aromatic rings. The molecule has 0 atom stereocenters. The first kappa shape index (κ1) is 16.6. The van der Waals surface area contributed by atoms with Crippen molar-refractivity contribution < 1.29 is 22.8 Å². The number of hydrogen-bond acceptors (Lipinski definition) is 2. The Morgan fingerprint density at radius 3 is 2.50 bits per heavy atom. The third-order valence-electron chi connectivity index (χ3n) is 3.42. The average molecular weight is 335 g/mol. The summed E-state index contributed by atoms with van der Waals surface area (Å²) in [7, 11) is 0. The molecule has 8 heteroatoms. The molecule has 0 spiro atoms. The Morgan fingerprint density at radius 1 is 1.27 bits per heavy atom. The van der Waals surface area contributed by atoms with Crippen LogP contribution in [0.15, 0.2) is 18.2 Å². The highest BCUT2D eigenvalue weighted by molar-refractivity contribution is 6.33. The van der Waals surface area contributed by atoms with E-state index in [0.29, 0.717) is 6.07 Å². The molecule has 1 aromatic carbocycles. The van der Waals surface area contributed by atoms with Crippen LogP contribution in [0.25, 0.3) is 0 Å². The van der Waals surface area contributed by atoms with Gasteiger partial charge in [-0.1, -0.05) is 11.6 Å². The molecular formula is C14H14ClF3N2O2. The Kier molecular flexibility index (Phi) is 4.95. The van der Waals surface area contributed by atoms with E-state index in [0.717, 1.165) is 31.4 Å². The molecule has 1 fully saturated rings. The van der Waals surface area contributed by atoms with Gasteiger partial charge in [-0.3, -0.25) is 9.59 Å². The highest BCUT2D eigenvalue weighted by atomic mass is 35.5. The quantitative estimate of drug-likeness (QED) is 0.889. The second kappa shape index (κ2) is 6.56. The zero-order chi connectivity index (χ0) is 16.3. The Bertz CT molecular complexity index is 586. The van der Waals surface area contributed by atoms with Crippen LogP contribution in [0.1, 0.15) is 35.2 Å². The van der Waals surface area contributed by atoms with E-state index in [1.165, 1.54) is 0 Å². The number of carbonyl (C=O) groups excluding carboxylic acids is 2. The maximum Gasteiger partial charge on any atom is 0.416 e. The molecule has 2 N–H and O–H groups in total. The maximum atomic E-state index is 12.6. The van der Waals surface area contributed by atoms with E-state index in [2.05, 4.69) is 10.6 Å². The normalized spacial score (nSPS) is 15.1. The fourth-order valence-electron chi connectivity index (χ4n) is 1.96. The summed E-state index contributed by atoms with van der Waals surface area (Å²) >= 11 is 5.74. The zero-order valence-corrected chi connectivity index (χ0v) is 12.2. The summed E-state index contributed by atoms with van der Waals surface area (Å²) in [5.41, 5.74) is -1.28. The lowest BCUT2D eigenvalue weighted by atomic mass is 9.93. The second-order valence-electron chi connectivity index (χ2n) is 5.07. The number of halogens is 4. The van der Waals surface area contributed by atoms with Crippen molar-refractivity contribution in [1.82, 2.24) is 10.6 Å². The topological polar surface area (TPSA) is 58.2 Å². The monoisotopic (exact) mass is 334 g/mol. The number of hydrogen-bond donors (Lipinski definition) is 2. The summed E-state index contributed by atoms with van der Waals surface area (Å²) in [6.07, 6.45) is -1.71. The fraction of sp³-hybridized carbons (Fsp3) is 0.429. The Hall–Kier alpha value is -1.76. The first-order valence-corrected chi connectivity index (χ1v) is 7.09. The van der Waals surface area contributed by atoms with Crippen LogP contribution in [0.3, 0.4) is 0 Å². The molecule has 0 unspecified atom stereocenters. The number of nitrogens with one attached hydrogen (secondary N) is 2. The summed E-state index contributed by atoms with van der Waals surface area (Å²) in [5.74, 6) is -1.19. The molecule has 1 aliphatic rings. The van der Waals surface area contributed by atoms with Gasteiger partial charge in [-0.05, 0) is 37.5 Å². The van der Waals surface area contributed by atoms with Crippen molar-refractivity contribution in [3.8, 4) is 0 Å². The van der Waals surface area contributed by atoms with Crippen molar-refractivity contribution in [2.24, 2.45) is 0 Å². The van der Waals surface area contributed by atoms with E-state index >= 15 is 0 Å². The van der Waals surface area contributed by atoms with E-state index in [1.807, 2.05) is 0 Å². The van der Waals surface area contributed by atoms with Gasteiger partial charge in [-0.2, -0.15) is 13.2 Å². The van der Waals surface area contributed by atoms with Crippen molar-refractivity contribution in [3.63, 3.8) is 0 Å². The van der Waals surface area contributed by atoms with Gasteiger partial charge in [0.15, 0.2) is 0 Å². The van der Waals surface area contributed by atoms with Crippen molar-refractivity contribution >= 4 is 23.4 Å². The lowest BCUT2D eigenvalue weighted by molar-refractivity contribution is -0.137. The molecule has 1 aliphatic carbocycles. The SMILES string of the molecule is O=C(CNC(=O)c1cc(C(F)(F)F)ccc1Cl)NC1CCC1. The summed E-state index contributed by atoms with van der Waals surface area (Å²) in [6.45, 7) is -0.304. The summed E-state index contributed by atoms with van der Waals surface area (Å²) in [4.78, 5) is 23.4. The lowest BCUT2D eigenvalue weighted by Gasteiger charge is -2.26. The smallest absolute Gasteiger partial charge is 0.352 e. The van der Waals surface area contributed by atoms with E-state index < -0.39 is 17.6 Å². The van der Waals surface area contributed by atoms with Gasteiger partial charge < -0.3 is 10.6 Å². The molecular weight excluding hydrogens is 321 g/mol. The Labute approximate surface area is 130 Å². The van der Waals surface area contributed by atoms with Gasteiger partial charge in [0.05, 0.1) is 22.7 Å². The predicted molar refractivity (Wildman–Crippen MR) is 74.6 cm³/mol. The van der Waals surface area contributed by atoms with E-state index in [9.17, 15) is 22.8 Å². The van der Waals surface area contributed by atoms with Crippen molar-refractivity contribution in [2.75, 3.05) is 6.54 Å². The molecule has 0 heterocycles. The molecule has 0 aromatic heterocycles. The minimum absolute atomic E-state index is 0.107. The number of amides is 2. The number of rotatable bonds is 4. The average Bonchev–Trinajstić information content (AvgIpc) is 2.39. The minimum Gasteiger partial charge on any atom is -0.352 e. The first-order valence-electron chi connectivity index (χ1n) is 6.71. The summed E-state index contributed by atoms with van der Waals surface area (Å²) in [5, 5.41) is 4.87. The predicted octanol–water partition coefficient (Wildman–Crippen LogP) is 2.76. The van der Waals surface area contributed by atoms with Gasteiger partial charge in [0.25, 0.3) is 5.91 Å². The minimum atomic E-state index is -4.57. The van der Waals surface area contributed by atoms with Crippen LogP contribution < -0.4 is 10.6 Å². The van der Waals surface area contributed by atoms with Crippen LogP contribution in [0.2, 0.25) is 5.02 Å². The van der Waals surface area contributed by atoms with Crippen LogP contribution in [0.4, 0.5) is 13.2 Å². The van der Waals surface area contributed by atoms with E-state index in [-0.39, 0.29) is 29.1 Å². The largest absolute Gasteiger partial charge is 0.416 e. The summed E-state index contributed by atoms with van der Waals surface area (Å²) in [6, 6.07) is 2.60. The van der Waals surface area contributed by atoms with Gasteiger partial charge in [0.2, 0.25) is 5.91 Å². The molecule has 0 saturated heterocycles. The van der Waals surface area contributed by atoms with Crippen LogP contribution in [-0.2, 0) is 11.0 Å². The third kappa shape index (κ3) is 4.13. The lowest BCUT2D eigenvalue weighted by Crippen LogP contribution is -2.44.